The SMILES string of the molecule is Cc1cccnc1[C@H](N[C@H](C)C(=O)NC1(C#N)CCCCC1)C(C)C. The van der Waals surface area contributed by atoms with E-state index >= 15 is 0 Å². The van der Waals surface area contributed by atoms with E-state index in [4.69, 9.17) is 0 Å². The van der Waals surface area contributed by atoms with E-state index in [-0.39, 0.29) is 18.0 Å². The van der Waals surface area contributed by atoms with Gasteiger partial charge < -0.3 is 5.32 Å². The Morgan fingerprint density at radius 1 is 1.28 bits per heavy atom. The minimum atomic E-state index is -0.695. The van der Waals surface area contributed by atoms with Crippen molar-refractivity contribution in [3.63, 3.8) is 0 Å². The number of aromatic nitrogens is 1. The van der Waals surface area contributed by atoms with E-state index in [0.29, 0.717) is 5.92 Å². The van der Waals surface area contributed by atoms with Gasteiger partial charge in [0.1, 0.15) is 5.54 Å². The second kappa shape index (κ2) is 8.44. The van der Waals surface area contributed by atoms with Gasteiger partial charge >= 0.3 is 0 Å². The normalized spacial score (nSPS) is 19.0. The van der Waals surface area contributed by atoms with Gasteiger partial charge in [0.2, 0.25) is 5.91 Å². The molecule has 5 nitrogen and oxygen atoms in total. The third kappa shape index (κ3) is 4.79. The Hall–Kier alpha value is -1.93. The van der Waals surface area contributed by atoms with Crippen LogP contribution >= 0.6 is 0 Å². The Bertz CT molecular complexity index is 629. The van der Waals surface area contributed by atoms with E-state index < -0.39 is 5.54 Å². The third-order valence-corrected chi connectivity index (χ3v) is 5.12. The molecule has 0 aromatic carbocycles. The minimum absolute atomic E-state index is 0.00802. The van der Waals surface area contributed by atoms with Gasteiger partial charge in [-0.3, -0.25) is 15.1 Å². The van der Waals surface area contributed by atoms with Crippen LogP contribution in [0.2, 0.25) is 0 Å². The van der Waals surface area contributed by atoms with Crippen LogP contribution in [0.15, 0.2) is 18.3 Å². The van der Waals surface area contributed by atoms with Gasteiger partial charge in [-0.15, -0.1) is 0 Å². The number of nitrogens with one attached hydrogen (secondary N) is 2. The largest absolute Gasteiger partial charge is 0.336 e. The summed E-state index contributed by atoms with van der Waals surface area (Å²) >= 11 is 0. The van der Waals surface area contributed by atoms with Crippen molar-refractivity contribution in [2.75, 3.05) is 0 Å². The van der Waals surface area contributed by atoms with Gasteiger partial charge in [0.15, 0.2) is 0 Å². The molecule has 1 heterocycles. The lowest BCUT2D eigenvalue weighted by atomic mass is 9.82. The number of carbonyl (C=O) groups excluding carboxylic acids is 1. The van der Waals surface area contributed by atoms with Crippen LogP contribution in [0.1, 0.15) is 70.2 Å². The highest BCUT2D eigenvalue weighted by molar-refractivity contribution is 5.82. The minimum Gasteiger partial charge on any atom is -0.336 e. The molecule has 0 radical (unpaired) electrons. The smallest absolute Gasteiger partial charge is 0.238 e. The zero-order valence-corrected chi connectivity index (χ0v) is 15.8. The van der Waals surface area contributed by atoms with Gasteiger partial charge in [-0.25, -0.2) is 0 Å². The van der Waals surface area contributed by atoms with E-state index in [9.17, 15) is 10.1 Å². The molecule has 1 aromatic rings. The van der Waals surface area contributed by atoms with Gasteiger partial charge in [0.25, 0.3) is 0 Å². The van der Waals surface area contributed by atoms with Crippen LogP contribution < -0.4 is 10.6 Å². The number of hydrogen-bond acceptors (Lipinski definition) is 4. The number of aryl methyl sites for hydroxylation is 1. The molecule has 1 aromatic heterocycles. The van der Waals surface area contributed by atoms with Crippen molar-refractivity contribution in [1.29, 1.82) is 5.26 Å². The summed E-state index contributed by atoms with van der Waals surface area (Å²) in [7, 11) is 0. The van der Waals surface area contributed by atoms with Crippen molar-refractivity contribution in [2.24, 2.45) is 5.92 Å². The fraction of sp³-hybridized carbons (Fsp3) is 0.650. The van der Waals surface area contributed by atoms with Crippen molar-refractivity contribution < 1.29 is 4.79 Å². The molecule has 0 spiro atoms. The maximum Gasteiger partial charge on any atom is 0.238 e. The van der Waals surface area contributed by atoms with Crippen molar-refractivity contribution in [3.8, 4) is 6.07 Å². The van der Waals surface area contributed by atoms with E-state index in [2.05, 4.69) is 35.5 Å². The summed E-state index contributed by atoms with van der Waals surface area (Å²) in [4.78, 5) is 17.2. The topological polar surface area (TPSA) is 77.8 Å². The molecule has 1 amide bonds. The van der Waals surface area contributed by atoms with Gasteiger partial charge in [-0.2, -0.15) is 5.26 Å². The summed E-state index contributed by atoms with van der Waals surface area (Å²) in [5, 5.41) is 16.0. The predicted octanol–water partition coefficient (Wildman–Crippen LogP) is 3.41. The number of carbonyl (C=O) groups is 1. The molecule has 25 heavy (non-hydrogen) atoms. The maximum atomic E-state index is 12.7. The highest BCUT2D eigenvalue weighted by Crippen LogP contribution is 2.28. The van der Waals surface area contributed by atoms with Crippen LogP contribution in [0.3, 0.4) is 0 Å². The Balaban J connectivity index is 2.08. The third-order valence-electron chi connectivity index (χ3n) is 5.12. The van der Waals surface area contributed by atoms with Gasteiger partial charge in [-0.05, 0) is 44.2 Å². The molecule has 1 fully saturated rings. The zero-order valence-electron chi connectivity index (χ0n) is 15.8. The molecule has 2 rings (SSSR count). The first kappa shape index (κ1) is 19.4. The monoisotopic (exact) mass is 342 g/mol. The molecule has 1 aliphatic carbocycles. The lowest BCUT2D eigenvalue weighted by Crippen LogP contribution is -2.54. The van der Waals surface area contributed by atoms with E-state index in [1.54, 1.807) is 6.20 Å². The molecule has 0 unspecified atom stereocenters. The highest BCUT2D eigenvalue weighted by Gasteiger charge is 2.35. The first-order valence-corrected chi connectivity index (χ1v) is 9.29. The summed E-state index contributed by atoms with van der Waals surface area (Å²) in [6.45, 7) is 8.14. The Labute approximate surface area is 151 Å². The first-order valence-electron chi connectivity index (χ1n) is 9.29. The molecule has 0 saturated heterocycles. The molecule has 136 valence electrons. The van der Waals surface area contributed by atoms with Crippen LogP contribution in [0.4, 0.5) is 0 Å². The van der Waals surface area contributed by atoms with Gasteiger partial charge in [0, 0.05) is 6.20 Å². The first-order chi connectivity index (χ1) is 11.9. The maximum absolute atomic E-state index is 12.7. The van der Waals surface area contributed by atoms with Gasteiger partial charge in [-0.1, -0.05) is 39.2 Å². The summed E-state index contributed by atoms with van der Waals surface area (Å²) in [5.74, 6) is 0.186. The summed E-state index contributed by atoms with van der Waals surface area (Å²) in [6, 6.07) is 5.91. The highest BCUT2D eigenvalue weighted by atomic mass is 16.2. The van der Waals surface area contributed by atoms with E-state index in [0.717, 1.165) is 43.4 Å². The summed E-state index contributed by atoms with van der Waals surface area (Å²) < 4.78 is 0. The molecule has 2 N–H and O–H groups in total. The number of rotatable bonds is 6. The lowest BCUT2D eigenvalue weighted by molar-refractivity contribution is -0.124. The number of nitrogens with zero attached hydrogens (tertiary/aromatic N) is 2. The van der Waals surface area contributed by atoms with Crippen LogP contribution in [-0.2, 0) is 4.79 Å². The Kier molecular flexibility index (Phi) is 6.55. The number of pyridine rings is 1. The molecule has 5 heteroatoms. The number of amides is 1. The van der Waals surface area contributed by atoms with Crippen molar-refractivity contribution >= 4 is 5.91 Å². The average Bonchev–Trinajstić information content (AvgIpc) is 2.60. The second-order valence-electron chi connectivity index (χ2n) is 7.56. The molecule has 0 bridgehead atoms. The predicted molar refractivity (Wildman–Crippen MR) is 98.7 cm³/mol. The van der Waals surface area contributed by atoms with Crippen molar-refractivity contribution in [3.05, 3.63) is 29.6 Å². The lowest BCUT2D eigenvalue weighted by Gasteiger charge is -2.33. The number of nitriles is 1. The average molecular weight is 342 g/mol. The Morgan fingerprint density at radius 3 is 2.52 bits per heavy atom. The molecule has 2 atom stereocenters. The van der Waals surface area contributed by atoms with Crippen LogP contribution in [-0.4, -0.2) is 22.5 Å². The molecular weight excluding hydrogens is 312 g/mol. The van der Waals surface area contributed by atoms with E-state index in [1.807, 2.05) is 26.0 Å². The van der Waals surface area contributed by atoms with Crippen molar-refractivity contribution in [2.45, 2.75) is 77.4 Å². The van der Waals surface area contributed by atoms with Crippen LogP contribution in [0.25, 0.3) is 0 Å². The van der Waals surface area contributed by atoms with Crippen molar-refractivity contribution in [1.82, 2.24) is 15.6 Å². The van der Waals surface area contributed by atoms with Crippen LogP contribution in [0.5, 0.6) is 0 Å². The van der Waals surface area contributed by atoms with Crippen LogP contribution in [0, 0.1) is 24.2 Å². The standard InChI is InChI=1S/C20H30N4O/c1-14(2)17(18-15(3)9-8-12-22-18)23-16(4)19(25)24-20(13-21)10-6-5-7-11-20/h8-9,12,14,16-17,23H,5-7,10-11H2,1-4H3,(H,24,25)/t16-,17-/m1/s1. The molecule has 1 saturated carbocycles. The summed E-state index contributed by atoms with van der Waals surface area (Å²) in [5.41, 5.74) is 1.39. The van der Waals surface area contributed by atoms with E-state index in [1.165, 1.54) is 0 Å². The quantitative estimate of drug-likeness (QED) is 0.830. The van der Waals surface area contributed by atoms with Gasteiger partial charge in [0.05, 0.1) is 23.8 Å². The fourth-order valence-electron chi connectivity index (χ4n) is 3.52. The number of hydrogen-bond donors (Lipinski definition) is 2. The fourth-order valence-corrected chi connectivity index (χ4v) is 3.52. The zero-order chi connectivity index (χ0) is 18.4. The molecule has 1 aliphatic rings. The molecule has 0 aliphatic heterocycles. The second-order valence-corrected chi connectivity index (χ2v) is 7.56. The molecular formula is C20H30N4O. The Morgan fingerprint density at radius 2 is 1.96 bits per heavy atom. The summed E-state index contributed by atoms with van der Waals surface area (Å²) in [6.07, 6.45) is 6.41.